The molecule has 0 heterocycles. The Morgan fingerprint density at radius 2 is 2.23 bits per heavy atom. The molecule has 1 atom stereocenters. The predicted octanol–water partition coefficient (Wildman–Crippen LogP) is 2.64. The molecule has 72 valence electrons. The summed E-state index contributed by atoms with van der Waals surface area (Å²) in [4.78, 5) is 0. The van der Waals surface area contributed by atoms with E-state index in [9.17, 15) is 5.11 Å². The van der Waals surface area contributed by atoms with Crippen molar-refractivity contribution in [1.29, 1.82) is 0 Å². The Morgan fingerprint density at radius 3 is 2.69 bits per heavy atom. The van der Waals surface area contributed by atoms with Crippen molar-refractivity contribution in [3.63, 3.8) is 0 Å². The molecule has 1 unspecified atom stereocenters. The Hall–Kier alpha value is 0.1000. The molecule has 0 aliphatic rings. The fraction of sp³-hybridized carbons (Fsp3) is 0.333. The van der Waals surface area contributed by atoms with Crippen LogP contribution in [-0.2, 0) is 10.5 Å². The van der Waals surface area contributed by atoms with Gasteiger partial charge in [-0.25, -0.2) is 0 Å². The van der Waals surface area contributed by atoms with E-state index in [4.69, 9.17) is 4.74 Å². The van der Waals surface area contributed by atoms with Crippen molar-refractivity contribution in [2.45, 2.75) is 5.79 Å². The molecule has 1 N–H and O–H groups in total. The first-order chi connectivity index (χ1) is 6.12. The standard InChI is InChI=1S/C9H10Br2O2/c1-13-9(12,6-10)7-3-2-4-8(11)5-7/h2-5,12H,6H2,1H3. The van der Waals surface area contributed by atoms with Crippen molar-refractivity contribution in [2.75, 3.05) is 12.4 Å². The molecule has 0 aromatic heterocycles. The van der Waals surface area contributed by atoms with Gasteiger partial charge in [-0.05, 0) is 12.1 Å². The molecule has 0 saturated carbocycles. The lowest BCUT2D eigenvalue weighted by molar-refractivity contribution is -0.173. The van der Waals surface area contributed by atoms with Gasteiger partial charge in [-0.2, -0.15) is 0 Å². The van der Waals surface area contributed by atoms with Gasteiger partial charge in [-0.3, -0.25) is 0 Å². The Balaban J connectivity index is 3.05. The van der Waals surface area contributed by atoms with Crippen LogP contribution < -0.4 is 0 Å². The van der Waals surface area contributed by atoms with E-state index in [0.29, 0.717) is 5.33 Å². The maximum Gasteiger partial charge on any atom is 0.202 e. The smallest absolute Gasteiger partial charge is 0.202 e. The minimum atomic E-state index is -1.25. The largest absolute Gasteiger partial charge is 0.361 e. The topological polar surface area (TPSA) is 29.5 Å². The number of methoxy groups -OCH3 is 1. The lowest BCUT2D eigenvalue weighted by Gasteiger charge is -2.24. The number of halogens is 2. The lowest BCUT2D eigenvalue weighted by Crippen LogP contribution is -2.29. The molecule has 0 radical (unpaired) electrons. The molecule has 0 fully saturated rings. The summed E-state index contributed by atoms with van der Waals surface area (Å²) in [6.07, 6.45) is 0. The molecule has 1 aromatic rings. The van der Waals surface area contributed by atoms with E-state index in [0.717, 1.165) is 10.0 Å². The third-order valence-electron chi connectivity index (χ3n) is 1.79. The summed E-state index contributed by atoms with van der Waals surface area (Å²) in [5.41, 5.74) is 0.723. The van der Waals surface area contributed by atoms with E-state index >= 15 is 0 Å². The van der Waals surface area contributed by atoms with E-state index in [1.165, 1.54) is 7.11 Å². The first-order valence-corrected chi connectivity index (χ1v) is 5.63. The number of alkyl halides is 1. The monoisotopic (exact) mass is 308 g/mol. The molecular formula is C9H10Br2O2. The number of benzene rings is 1. The Labute approximate surface area is 94.2 Å². The molecule has 0 amide bonds. The van der Waals surface area contributed by atoms with Gasteiger partial charge in [0.05, 0.1) is 5.33 Å². The highest BCUT2D eigenvalue weighted by Gasteiger charge is 2.27. The molecular weight excluding hydrogens is 300 g/mol. The van der Waals surface area contributed by atoms with E-state index < -0.39 is 5.79 Å². The van der Waals surface area contributed by atoms with Crippen LogP contribution >= 0.6 is 31.9 Å². The molecule has 1 aromatic carbocycles. The highest BCUT2D eigenvalue weighted by Crippen LogP contribution is 2.26. The third kappa shape index (κ3) is 2.53. The summed E-state index contributed by atoms with van der Waals surface area (Å²) >= 11 is 6.53. The summed E-state index contributed by atoms with van der Waals surface area (Å²) < 4.78 is 5.93. The summed E-state index contributed by atoms with van der Waals surface area (Å²) in [6.45, 7) is 0. The van der Waals surface area contributed by atoms with Crippen molar-refractivity contribution in [2.24, 2.45) is 0 Å². The third-order valence-corrected chi connectivity index (χ3v) is 3.05. The minimum Gasteiger partial charge on any atom is -0.361 e. The van der Waals surface area contributed by atoms with Crippen LogP contribution in [-0.4, -0.2) is 17.5 Å². The highest BCUT2D eigenvalue weighted by atomic mass is 79.9. The second-order valence-corrected chi connectivity index (χ2v) is 4.11. The minimum absolute atomic E-state index is 0.340. The second-order valence-electron chi connectivity index (χ2n) is 2.63. The van der Waals surface area contributed by atoms with E-state index in [1.807, 2.05) is 24.3 Å². The molecule has 2 nitrogen and oxygen atoms in total. The van der Waals surface area contributed by atoms with Crippen molar-refractivity contribution >= 4 is 31.9 Å². The van der Waals surface area contributed by atoms with Crippen LogP contribution in [0, 0.1) is 0 Å². The van der Waals surface area contributed by atoms with Crippen LogP contribution in [0.2, 0.25) is 0 Å². The first-order valence-electron chi connectivity index (χ1n) is 3.72. The van der Waals surface area contributed by atoms with Crippen molar-refractivity contribution in [3.8, 4) is 0 Å². The van der Waals surface area contributed by atoms with Gasteiger partial charge in [0.15, 0.2) is 0 Å². The SMILES string of the molecule is COC(O)(CBr)c1cccc(Br)c1. The van der Waals surface area contributed by atoms with Crippen molar-refractivity contribution in [1.82, 2.24) is 0 Å². The van der Waals surface area contributed by atoms with Gasteiger partial charge in [-0.15, -0.1) is 0 Å². The predicted molar refractivity (Wildman–Crippen MR) is 58.8 cm³/mol. The van der Waals surface area contributed by atoms with Crippen molar-refractivity contribution < 1.29 is 9.84 Å². The van der Waals surface area contributed by atoms with Gasteiger partial charge in [0.25, 0.3) is 0 Å². The Bertz CT molecular complexity index is 285. The van der Waals surface area contributed by atoms with Crippen molar-refractivity contribution in [3.05, 3.63) is 34.3 Å². The molecule has 0 aliphatic heterocycles. The zero-order chi connectivity index (χ0) is 9.90. The molecule has 13 heavy (non-hydrogen) atoms. The van der Waals surface area contributed by atoms with Crippen LogP contribution in [0.25, 0.3) is 0 Å². The summed E-state index contributed by atoms with van der Waals surface area (Å²) in [5.74, 6) is -1.25. The van der Waals surface area contributed by atoms with Crippen LogP contribution in [0.4, 0.5) is 0 Å². The summed E-state index contributed by atoms with van der Waals surface area (Å²) in [6, 6.07) is 7.39. The average Bonchev–Trinajstić information content (AvgIpc) is 2.17. The number of hydrogen-bond acceptors (Lipinski definition) is 2. The van der Waals surface area contributed by atoms with Gasteiger partial charge >= 0.3 is 0 Å². The van der Waals surface area contributed by atoms with E-state index in [2.05, 4.69) is 31.9 Å². The van der Waals surface area contributed by atoms with Gasteiger partial charge in [0.2, 0.25) is 5.79 Å². The maximum absolute atomic E-state index is 9.93. The fourth-order valence-electron chi connectivity index (χ4n) is 0.981. The van der Waals surface area contributed by atoms with Gasteiger partial charge in [0, 0.05) is 17.1 Å². The zero-order valence-electron chi connectivity index (χ0n) is 7.13. The first kappa shape index (κ1) is 11.2. The van der Waals surface area contributed by atoms with E-state index in [1.54, 1.807) is 0 Å². The number of rotatable bonds is 3. The molecule has 0 aliphatic carbocycles. The molecule has 0 saturated heterocycles. The average molecular weight is 310 g/mol. The number of hydrogen-bond donors (Lipinski definition) is 1. The zero-order valence-corrected chi connectivity index (χ0v) is 10.3. The maximum atomic E-state index is 9.93. The normalized spacial score (nSPS) is 15.4. The van der Waals surface area contributed by atoms with Crippen LogP contribution in [0.5, 0.6) is 0 Å². The lowest BCUT2D eigenvalue weighted by atomic mass is 10.1. The second kappa shape index (κ2) is 4.55. The van der Waals surface area contributed by atoms with E-state index in [-0.39, 0.29) is 0 Å². The van der Waals surface area contributed by atoms with Gasteiger partial charge in [-0.1, -0.05) is 44.0 Å². The summed E-state index contributed by atoms with van der Waals surface area (Å²) in [7, 11) is 1.47. The van der Waals surface area contributed by atoms with Gasteiger partial charge in [0.1, 0.15) is 0 Å². The highest BCUT2D eigenvalue weighted by molar-refractivity contribution is 9.10. The van der Waals surface area contributed by atoms with Gasteiger partial charge < -0.3 is 9.84 Å². The number of ether oxygens (including phenoxy) is 1. The van der Waals surface area contributed by atoms with Crippen LogP contribution in [0.1, 0.15) is 5.56 Å². The fourth-order valence-corrected chi connectivity index (χ4v) is 1.93. The Morgan fingerprint density at radius 1 is 1.54 bits per heavy atom. The molecule has 4 heteroatoms. The quantitative estimate of drug-likeness (QED) is 0.687. The molecule has 0 spiro atoms. The van der Waals surface area contributed by atoms with Crippen LogP contribution in [0.15, 0.2) is 28.7 Å². The molecule has 0 bridgehead atoms. The molecule has 1 rings (SSSR count). The summed E-state index contributed by atoms with van der Waals surface area (Å²) in [5, 5.41) is 10.3. The Kier molecular flexibility index (Phi) is 3.91. The number of aliphatic hydroxyl groups is 1. The van der Waals surface area contributed by atoms with Crippen LogP contribution in [0.3, 0.4) is 0 Å².